The van der Waals surface area contributed by atoms with E-state index in [2.05, 4.69) is 15.0 Å². The number of nitrogens with zero attached hydrogens (tertiary/aromatic N) is 1. The lowest BCUT2D eigenvalue weighted by Crippen LogP contribution is -2.29. The Morgan fingerprint density at radius 3 is 2.21 bits per heavy atom. The fraction of sp³-hybridized carbons (Fsp3) is 0.240. The van der Waals surface area contributed by atoms with Gasteiger partial charge in [0, 0.05) is 29.1 Å². The Morgan fingerprint density at radius 2 is 1.68 bits per heavy atom. The van der Waals surface area contributed by atoms with Crippen molar-refractivity contribution in [3.8, 4) is 16.9 Å². The lowest BCUT2D eigenvalue weighted by molar-refractivity contribution is -0.274. The molecule has 6 nitrogen and oxygen atoms in total. The highest BCUT2D eigenvalue weighted by molar-refractivity contribution is 6.04. The van der Waals surface area contributed by atoms with Crippen LogP contribution in [-0.4, -0.2) is 30.3 Å². The van der Waals surface area contributed by atoms with Gasteiger partial charge in [-0.15, -0.1) is 13.2 Å². The van der Waals surface area contributed by atoms with E-state index in [1.54, 1.807) is 0 Å². The largest absolute Gasteiger partial charge is 0.573 e. The average molecular weight is 542 g/mol. The number of benzene rings is 2. The SMILES string of the molecule is COC(=O)c1cc(NC(=O)C2(c3ccc(OC(F)(F)F)cc3F)CC2)ccc1-c1ccc(C(F)(F)F)nc1. The molecular weight excluding hydrogens is 525 g/mol. The summed E-state index contributed by atoms with van der Waals surface area (Å²) in [5.74, 6) is -3.34. The van der Waals surface area contributed by atoms with E-state index in [0.717, 1.165) is 37.6 Å². The van der Waals surface area contributed by atoms with Crippen LogP contribution in [0, 0.1) is 5.82 Å². The Bertz CT molecular complexity index is 1380. The molecule has 13 heteroatoms. The second-order valence-electron chi connectivity index (χ2n) is 8.41. The predicted octanol–water partition coefficient (Wildman–Crippen LogP) is 6.26. The monoisotopic (exact) mass is 542 g/mol. The molecule has 1 aliphatic carbocycles. The zero-order valence-electron chi connectivity index (χ0n) is 19.3. The van der Waals surface area contributed by atoms with Gasteiger partial charge in [0.2, 0.25) is 5.91 Å². The number of rotatable bonds is 6. The molecule has 0 unspecified atom stereocenters. The maximum atomic E-state index is 14.7. The number of anilines is 1. The minimum Gasteiger partial charge on any atom is -0.465 e. The molecule has 1 saturated carbocycles. The molecule has 200 valence electrons. The maximum absolute atomic E-state index is 14.7. The number of ether oxygens (including phenoxy) is 2. The van der Waals surface area contributed by atoms with Crippen LogP contribution in [0.5, 0.6) is 5.75 Å². The van der Waals surface area contributed by atoms with Crippen LogP contribution in [0.4, 0.5) is 36.4 Å². The Kier molecular flexibility index (Phi) is 6.80. The normalized spacial score (nSPS) is 14.5. The summed E-state index contributed by atoms with van der Waals surface area (Å²) < 4.78 is 98.9. The molecule has 1 heterocycles. The zero-order valence-corrected chi connectivity index (χ0v) is 19.3. The lowest BCUT2D eigenvalue weighted by atomic mass is 9.93. The van der Waals surface area contributed by atoms with Gasteiger partial charge in [-0.05, 0) is 42.7 Å². The molecule has 1 N–H and O–H groups in total. The topological polar surface area (TPSA) is 77.5 Å². The summed E-state index contributed by atoms with van der Waals surface area (Å²) in [4.78, 5) is 28.9. The lowest BCUT2D eigenvalue weighted by Gasteiger charge is -2.18. The summed E-state index contributed by atoms with van der Waals surface area (Å²) >= 11 is 0. The fourth-order valence-electron chi connectivity index (χ4n) is 3.95. The maximum Gasteiger partial charge on any atom is 0.573 e. The van der Waals surface area contributed by atoms with Crippen molar-refractivity contribution >= 4 is 17.6 Å². The van der Waals surface area contributed by atoms with Crippen molar-refractivity contribution in [2.75, 3.05) is 12.4 Å². The van der Waals surface area contributed by atoms with E-state index in [1.165, 1.54) is 18.2 Å². The first-order valence-corrected chi connectivity index (χ1v) is 10.9. The molecular formula is C25H17F7N2O4. The standard InChI is InChI=1S/C25H17F7N2O4/c1-37-21(35)17-10-14(3-5-16(17)13-2-7-20(33-12-13)24(27,28)29)34-22(36)23(8-9-23)18-6-4-15(11-19(18)26)38-25(30,31)32/h2-7,10-12H,8-9H2,1H3,(H,34,36). The molecule has 0 bridgehead atoms. The highest BCUT2D eigenvalue weighted by Gasteiger charge is 2.53. The number of methoxy groups -OCH3 is 1. The summed E-state index contributed by atoms with van der Waals surface area (Å²) in [6, 6.07) is 8.36. The first-order valence-electron chi connectivity index (χ1n) is 10.9. The Balaban J connectivity index is 1.60. The van der Waals surface area contributed by atoms with Gasteiger partial charge in [0.25, 0.3) is 0 Å². The van der Waals surface area contributed by atoms with Crippen molar-refractivity contribution in [1.82, 2.24) is 4.98 Å². The van der Waals surface area contributed by atoms with Crippen LogP contribution in [0.15, 0.2) is 54.7 Å². The number of aromatic nitrogens is 1. The molecule has 0 spiro atoms. The van der Waals surface area contributed by atoms with Crippen LogP contribution < -0.4 is 10.1 Å². The van der Waals surface area contributed by atoms with Crippen molar-refractivity contribution in [2.45, 2.75) is 30.8 Å². The number of carbonyl (C=O) groups is 2. The number of nitrogens with one attached hydrogen (secondary N) is 1. The number of hydrogen-bond donors (Lipinski definition) is 1. The molecule has 0 atom stereocenters. The Hall–Kier alpha value is -4.16. The molecule has 1 fully saturated rings. The number of amides is 1. The van der Waals surface area contributed by atoms with Crippen LogP contribution >= 0.6 is 0 Å². The summed E-state index contributed by atoms with van der Waals surface area (Å²) in [6.07, 6.45) is -8.29. The molecule has 3 aromatic rings. The average Bonchev–Trinajstić information content (AvgIpc) is 3.64. The Morgan fingerprint density at radius 1 is 0.974 bits per heavy atom. The van der Waals surface area contributed by atoms with Crippen LogP contribution in [0.1, 0.15) is 34.5 Å². The third kappa shape index (κ3) is 5.55. The molecule has 38 heavy (non-hydrogen) atoms. The van der Waals surface area contributed by atoms with E-state index in [4.69, 9.17) is 4.74 Å². The van der Waals surface area contributed by atoms with Crippen LogP contribution in [0.25, 0.3) is 11.1 Å². The highest BCUT2D eigenvalue weighted by Crippen LogP contribution is 2.50. The van der Waals surface area contributed by atoms with Crippen molar-refractivity contribution in [3.05, 3.63) is 77.4 Å². The van der Waals surface area contributed by atoms with Gasteiger partial charge in [-0.2, -0.15) is 13.2 Å². The summed E-state index contributed by atoms with van der Waals surface area (Å²) in [5, 5.41) is 2.56. The van der Waals surface area contributed by atoms with Gasteiger partial charge in [0.05, 0.1) is 18.1 Å². The van der Waals surface area contributed by atoms with Crippen LogP contribution in [-0.2, 0) is 21.1 Å². The Labute approximate surface area is 210 Å². The number of hydrogen-bond acceptors (Lipinski definition) is 5. The molecule has 0 radical (unpaired) electrons. The smallest absolute Gasteiger partial charge is 0.465 e. The van der Waals surface area contributed by atoms with Gasteiger partial charge in [-0.1, -0.05) is 18.2 Å². The summed E-state index contributed by atoms with van der Waals surface area (Å²) in [6.45, 7) is 0. The van der Waals surface area contributed by atoms with Crippen molar-refractivity contribution in [1.29, 1.82) is 0 Å². The summed E-state index contributed by atoms with van der Waals surface area (Å²) in [5.41, 5.74) is -2.21. The molecule has 1 amide bonds. The van der Waals surface area contributed by atoms with Crippen LogP contribution in [0.2, 0.25) is 0 Å². The number of carbonyl (C=O) groups excluding carboxylic acids is 2. The van der Waals surface area contributed by atoms with Crippen molar-refractivity contribution < 1.29 is 49.8 Å². The minimum atomic E-state index is -5.01. The van der Waals surface area contributed by atoms with Crippen molar-refractivity contribution in [2.24, 2.45) is 0 Å². The molecule has 0 aliphatic heterocycles. The third-order valence-corrected chi connectivity index (χ3v) is 5.92. The minimum absolute atomic E-state index is 0.0865. The van der Waals surface area contributed by atoms with E-state index < -0.39 is 47.1 Å². The van der Waals surface area contributed by atoms with E-state index in [-0.39, 0.29) is 40.8 Å². The van der Waals surface area contributed by atoms with E-state index in [9.17, 15) is 40.3 Å². The molecule has 1 aliphatic rings. The second-order valence-corrected chi connectivity index (χ2v) is 8.41. The number of alkyl halides is 6. The fourth-order valence-corrected chi connectivity index (χ4v) is 3.95. The number of pyridine rings is 1. The quantitative estimate of drug-likeness (QED) is 0.294. The van der Waals surface area contributed by atoms with E-state index >= 15 is 0 Å². The molecule has 2 aromatic carbocycles. The highest BCUT2D eigenvalue weighted by atomic mass is 19.4. The van der Waals surface area contributed by atoms with Gasteiger partial charge in [-0.25, -0.2) is 9.18 Å². The predicted molar refractivity (Wildman–Crippen MR) is 119 cm³/mol. The molecule has 0 saturated heterocycles. The van der Waals surface area contributed by atoms with Gasteiger partial charge in [0.15, 0.2) is 0 Å². The van der Waals surface area contributed by atoms with Gasteiger partial charge >= 0.3 is 18.5 Å². The number of esters is 1. The zero-order chi connectivity index (χ0) is 27.9. The second kappa shape index (κ2) is 9.62. The van der Waals surface area contributed by atoms with Crippen molar-refractivity contribution in [3.63, 3.8) is 0 Å². The third-order valence-electron chi connectivity index (χ3n) is 5.92. The summed E-state index contributed by atoms with van der Waals surface area (Å²) in [7, 11) is 1.09. The van der Waals surface area contributed by atoms with Gasteiger partial charge in [0.1, 0.15) is 17.3 Å². The van der Waals surface area contributed by atoms with Crippen LogP contribution in [0.3, 0.4) is 0 Å². The van der Waals surface area contributed by atoms with Gasteiger partial charge < -0.3 is 14.8 Å². The number of halogens is 7. The van der Waals surface area contributed by atoms with Gasteiger partial charge in [-0.3, -0.25) is 9.78 Å². The molecule has 4 rings (SSSR count). The van der Waals surface area contributed by atoms with E-state index in [0.29, 0.717) is 6.07 Å². The first-order chi connectivity index (χ1) is 17.7. The molecule has 1 aromatic heterocycles. The van der Waals surface area contributed by atoms with E-state index in [1.807, 2.05) is 0 Å². The first kappa shape index (κ1) is 26.9.